The third kappa shape index (κ3) is 4.62. The minimum Gasteiger partial charge on any atom is -0.484 e. The molecular weight excluding hydrogens is 373 g/mol. The topological polar surface area (TPSA) is 35.2 Å². The molecule has 0 aliphatic carbocycles. The average molecular weight is 389 g/mol. The van der Waals surface area contributed by atoms with Crippen molar-refractivity contribution in [2.45, 2.75) is 25.5 Å². The van der Waals surface area contributed by atoms with Gasteiger partial charge in [-0.05, 0) is 42.3 Å². The van der Waals surface area contributed by atoms with E-state index in [-0.39, 0.29) is 12.1 Å². The summed E-state index contributed by atoms with van der Waals surface area (Å²) in [5.41, 5.74) is 7.23. The van der Waals surface area contributed by atoms with E-state index in [4.69, 9.17) is 33.7 Å². The van der Waals surface area contributed by atoms with E-state index < -0.39 is 0 Å². The Morgan fingerprint density at radius 3 is 2.38 bits per heavy atom. The van der Waals surface area contributed by atoms with Crippen molar-refractivity contribution >= 4 is 39.1 Å². The number of hydrogen-bond donors (Lipinski definition) is 1. The van der Waals surface area contributed by atoms with Crippen LogP contribution in [0.1, 0.15) is 25.0 Å². The minimum atomic E-state index is -0.262. The highest BCUT2D eigenvalue weighted by molar-refractivity contribution is 9.10. The van der Waals surface area contributed by atoms with Gasteiger partial charge in [0.2, 0.25) is 0 Å². The standard InChI is InChI=1S/C16H16BrCl2NO/c1-2-15(20)16(10-4-3-5-11(17)6-10)21-14-8-12(18)7-13(19)9-14/h3-9,15-16H,2,20H2,1H3. The number of nitrogens with two attached hydrogens (primary N) is 1. The van der Waals surface area contributed by atoms with Crippen LogP contribution in [0.25, 0.3) is 0 Å². The molecule has 0 fully saturated rings. The molecule has 2 rings (SSSR count). The van der Waals surface area contributed by atoms with Crippen molar-refractivity contribution in [3.05, 3.63) is 62.5 Å². The van der Waals surface area contributed by atoms with Crippen LogP contribution in [0.3, 0.4) is 0 Å². The van der Waals surface area contributed by atoms with Crippen LogP contribution < -0.4 is 10.5 Å². The summed E-state index contributed by atoms with van der Waals surface area (Å²) in [5, 5.41) is 1.08. The largest absolute Gasteiger partial charge is 0.484 e. The molecule has 0 heterocycles. The van der Waals surface area contributed by atoms with E-state index in [0.29, 0.717) is 15.8 Å². The van der Waals surface area contributed by atoms with Crippen LogP contribution in [0, 0.1) is 0 Å². The SMILES string of the molecule is CCC(N)C(Oc1cc(Cl)cc(Cl)c1)c1cccc(Br)c1. The minimum absolute atomic E-state index is 0.128. The summed E-state index contributed by atoms with van der Waals surface area (Å²) < 4.78 is 7.04. The predicted molar refractivity (Wildman–Crippen MR) is 92.2 cm³/mol. The number of ether oxygens (including phenoxy) is 1. The van der Waals surface area contributed by atoms with Crippen molar-refractivity contribution in [3.63, 3.8) is 0 Å². The van der Waals surface area contributed by atoms with Gasteiger partial charge in [-0.1, -0.05) is 58.2 Å². The van der Waals surface area contributed by atoms with Crippen LogP contribution in [0.4, 0.5) is 0 Å². The highest BCUT2D eigenvalue weighted by atomic mass is 79.9. The van der Waals surface area contributed by atoms with E-state index in [2.05, 4.69) is 15.9 Å². The molecule has 0 saturated carbocycles. The van der Waals surface area contributed by atoms with Crippen molar-refractivity contribution in [3.8, 4) is 5.75 Å². The number of halogens is 3. The first kappa shape index (κ1) is 16.6. The van der Waals surface area contributed by atoms with E-state index in [0.717, 1.165) is 16.5 Å². The van der Waals surface area contributed by atoms with Gasteiger partial charge in [0.25, 0.3) is 0 Å². The van der Waals surface area contributed by atoms with Crippen molar-refractivity contribution in [1.82, 2.24) is 0 Å². The molecule has 0 aromatic heterocycles. The van der Waals surface area contributed by atoms with Crippen LogP contribution >= 0.6 is 39.1 Å². The Bertz CT molecular complexity index is 601. The molecule has 0 bridgehead atoms. The third-order valence-electron chi connectivity index (χ3n) is 3.14. The monoisotopic (exact) mass is 387 g/mol. The maximum Gasteiger partial charge on any atom is 0.139 e. The molecule has 0 amide bonds. The zero-order valence-electron chi connectivity index (χ0n) is 11.5. The lowest BCUT2D eigenvalue weighted by molar-refractivity contribution is 0.171. The van der Waals surface area contributed by atoms with Crippen molar-refractivity contribution in [1.29, 1.82) is 0 Å². The van der Waals surface area contributed by atoms with Gasteiger partial charge in [-0.15, -0.1) is 0 Å². The lowest BCUT2D eigenvalue weighted by Gasteiger charge is -2.25. The van der Waals surface area contributed by atoms with Gasteiger partial charge in [-0.2, -0.15) is 0 Å². The van der Waals surface area contributed by atoms with Crippen molar-refractivity contribution in [2.75, 3.05) is 0 Å². The Labute approximate surface area is 143 Å². The first-order valence-electron chi connectivity index (χ1n) is 6.63. The van der Waals surface area contributed by atoms with Gasteiger partial charge in [0.05, 0.1) is 0 Å². The zero-order valence-corrected chi connectivity index (χ0v) is 14.6. The lowest BCUT2D eigenvalue weighted by atomic mass is 10.0. The smallest absolute Gasteiger partial charge is 0.139 e. The molecule has 0 saturated heterocycles. The maximum atomic E-state index is 6.22. The fraction of sp³-hybridized carbons (Fsp3) is 0.250. The molecule has 0 aliphatic rings. The molecule has 112 valence electrons. The molecule has 2 atom stereocenters. The molecule has 2 aromatic carbocycles. The van der Waals surface area contributed by atoms with Crippen LogP contribution in [-0.4, -0.2) is 6.04 Å². The second-order valence-corrected chi connectivity index (χ2v) is 6.56. The lowest BCUT2D eigenvalue weighted by Crippen LogP contribution is -2.31. The number of hydrogen-bond acceptors (Lipinski definition) is 2. The highest BCUT2D eigenvalue weighted by Gasteiger charge is 2.21. The molecular formula is C16H16BrCl2NO. The van der Waals surface area contributed by atoms with E-state index in [9.17, 15) is 0 Å². The first-order valence-corrected chi connectivity index (χ1v) is 8.18. The van der Waals surface area contributed by atoms with E-state index in [1.54, 1.807) is 18.2 Å². The summed E-state index contributed by atoms with van der Waals surface area (Å²) in [6.07, 6.45) is 0.535. The van der Waals surface area contributed by atoms with Crippen LogP contribution in [0.2, 0.25) is 10.0 Å². The van der Waals surface area contributed by atoms with Gasteiger partial charge in [0, 0.05) is 20.6 Å². The second kappa shape index (κ2) is 7.50. The molecule has 5 heteroatoms. The van der Waals surface area contributed by atoms with Crippen LogP contribution in [0.15, 0.2) is 46.9 Å². The molecule has 21 heavy (non-hydrogen) atoms. The average Bonchev–Trinajstić information content (AvgIpc) is 2.43. The van der Waals surface area contributed by atoms with Crippen molar-refractivity contribution < 1.29 is 4.74 Å². The fourth-order valence-corrected chi connectivity index (χ4v) is 2.97. The maximum absolute atomic E-state index is 6.22. The summed E-state index contributed by atoms with van der Waals surface area (Å²) in [6, 6.07) is 12.9. The number of rotatable bonds is 5. The fourth-order valence-electron chi connectivity index (χ4n) is 2.04. The van der Waals surface area contributed by atoms with Gasteiger partial charge < -0.3 is 10.5 Å². The second-order valence-electron chi connectivity index (χ2n) is 4.77. The van der Waals surface area contributed by atoms with E-state index in [1.807, 2.05) is 31.2 Å². The molecule has 2 aromatic rings. The molecule has 0 radical (unpaired) electrons. The molecule has 0 spiro atoms. The van der Waals surface area contributed by atoms with Crippen LogP contribution in [0.5, 0.6) is 5.75 Å². The Hall–Kier alpha value is -0.740. The predicted octanol–water partition coefficient (Wildman–Crippen LogP) is 5.61. The third-order valence-corrected chi connectivity index (χ3v) is 4.07. The van der Waals surface area contributed by atoms with Gasteiger partial charge in [0.15, 0.2) is 0 Å². The highest BCUT2D eigenvalue weighted by Crippen LogP contribution is 2.31. The molecule has 2 N–H and O–H groups in total. The quantitative estimate of drug-likeness (QED) is 0.721. The normalized spacial score (nSPS) is 13.8. The summed E-state index contributed by atoms with van der Waals surface area (Å²) in [6.45, 7) is 2.03. The summed E-state index contributed by atoms with van der Waals surface area (Å²) in [4.78, 5) is 0. The number of benzene rings is 2. The molecule has 0 aliphatic heterocycles. The summed E-state index contributed by atoms with van der Waals surface area (Å²) >= 11 is 15.5. The van der Waals surface area contributed by atoms with Crippen LogP contribution in [-0.2, 0) is 0 Å². The Kier molecular flexibility index (Phi) is 5.94. The Morgan fingerprint density at radius 2 is 1.81 bits per heavy atom. The molecule has 2 nitrogen and oxygen atoms in total. The molecule has 2 unspecified atom stereocenters. The van der Waals surface area contributed by atoms with E-state index in [1.165, 1.54) is 0 Å². The zero-order chi connectivity index (χ0) is 15.4. The summed E-state index contributed by atoms with van der Waals surface area (Å²) in [5.74, 6) is 0.612. The van der Waals surface area contributed by atoms with Gasteiger partial charge >= 0.3 is 0 Å². The Balaban J connectivity index is 2.32. The van der Waals surface area contributed by atoms with Gasteiger partial charge in [0.1, 0.15) is 11.9 Å². The Morgan fingerprint density at radius 1 is 1.14 bits per heavy atom. The summed E-state index contributed by atoms with van der Waals surface area (Å²) in [7, 11) is 0. The van der Waals surface area contributed by atoms with Gasteiger partial charge in [-0.3, -0.25) is 0 Å². The first-order chi connectivity index (χ1) is 9.99. The van der Waals surface area contributed by atoms with Gasteiger partial charge in [-0.25, -0.2) is 0 Å². The van der Waals surface area contributed by atoms with E-state index >= 15 is 0 Å². The van der Waals surface area contributed by atoms with Crippen molar-refractivity contribution in [2.24, 2.45) is 5.73 Å².